The van der Waals surface area contributed by atoms with Crippen LogP contribution in [0, 0.1) is 0 Å². The Bertz CT molecular complexity index is 440. The highest BCUT2D eigenvalue weighted by Crippen LogP contribution is 2.18. The van der Waals surface area contributed by atoms with Gasteiger partial charge < -0.3 is 16.2 Å². The number of nitrogens with one attached hydrogen (secondary N) is 1. The van der Waals surface area contributed by atoms with Crippen molar-refractivity contribution in [1.82, 2.24) is 5.32 Å². The van der Waals surface area contributed by atoms with Crippen LogP contribution in [-0.4, -0.2) is 35.3 Å². The zero-order chi connectivity index (χ0) is 15.5. The third-order valence-electron chi connectivity index (χ3n) is 2.90. The maximum Gasteiger partial charge on any atom is 0.327 e. The van der Waals surface area contributed by atoms with Crippen LogP contribution < -0.4 is 11.1 Å². The summed E-state index contributed by atoms with van der Waals surface area (Å²) in [6, 6.07) is 8.66. The maximum absolute atomic E-state index is 11.7. The molecule has 21 heavy (non-hydrogen) atoms. The minimum absolute atomic E-state index is 0.215. The first-order valence-electron chi connectivity index (χ1n) is 7.03. The van der Waals surface area contributed by atoms with Crippen LogP contribution in [0.25, 0.3) is 0 Å². The first kappa shape index (κ1) is 17.5. The van der Waals surface area contributed by atoms with Crippen LogP contribution in [0.2, 0.25) is 0 Å². The number of carboxylic acid groups (broad SMARTS) is 1. The van der Waals surface area contributed by atoms with Crippen LogP contribution >= 0.6 is 11.8 Å². The largest absolute Gasteiger partial charge is 0.480 e. The van der Waals surface area contributed by atoms with E-state index in [1.807, 2.05) is 30.3 Å². The van der Waals surface area contributed by atoms with E-state index < -0.39 is 12.0 Å². The molecule has 0 aliphatic rings. The van der Waals surface area contributed by atoms with Crippen molar-refractivity contribution in [2.75, 3.05) is 12.3 Å². The molecule has 116 valence electrons. The number of carbonyl (C=O) groups excluding carboxylic acids is 1. The molecule has 0 bridgehead atoms. The zero-order valence-electron chi connectivity index (χ0n) is 12.0. The molecule has 0 fully saturated rings. The van der Waals surface area contributed by atoms with Crippen molar-refractivity contribution in [3.63, 3.8) is 0 Å². The minimum Gasteiger partial charge on any atom is -0.480 e. The van der Waals surface area contributed by atoms with E-state index in [1.54, 1.807) is 0 Å². The van der Waals surface area contributed by atoms with Crippen molar-refractivity contribution in [2.24, 2.45) is 5.73 Å². The van der Waals surface area contributed by atoms with E-state index in [-0.39, 0.29) is 5.91 Å². The number of carbonyl (C=O) groups is 2. The molecule has 1 aromatic carbocycles. The minimum atomic E-state index is -1.01. The van der Waals surface area contributed by atoms with E-state index in [0.717, 1.165) is 24.2 Å². The van der Waals surface area contributed by atoms with Gasteiger partial charge in [0.05, 0.1) is 0 Å². The molecule has 4 N–H and O–H groups in total. The zero-order valence-corrected chi connectivity index (χ0v) is 12.8. The summed E-state index contributed by atoms with van der Waals surface area (Å²) in [5.41, 5.74) is 5.38. The van der Waals surface area contributed by atoms with E-state index >= 15 is 0 Å². The number of hydrogen-bond acceptors (Lipinski definition) is 4. The molecule has 1 aromatic rings. The molecule has 1 rings (SSSR count). The summed E-state index contributed by atoms with van der Waals surface area (Å²) in [6.45, 7) is 0.618. The van der Waals surface area contributed by atoms with Crippen molar-refractivity contribution in [2.45, 2.75) is 36.6 Å². The second kappa shape index (κ2) is 10.2. The normalized spacial score (nSPS) is 11.9. The van der Waals surface area contributed by atoms with Crippen LogP contribution in [0.4, 0.5) is 0 Å². The quantitative estimate of drug-likeness (QED) is 0.453. The van der Waals surface area contributed by atoms with E-state index in [4.69, 9.17) is 10.8 Å². The Labute approximate surface area is 129 Å². The van der Waals surface area contributed by atoms with Gasteiger partial charge in [-0.1, -0.05) is 24.6 Å². The van der Waals surface area contributed by atoms with Crippen molar-refractivity contribution < 1.29 is 14.7 Å². The lowest BCUT2D eigenvalue weighted by molar-refractivity contribution is -0.141. The number of unbranched alkanes of at least 4 members (excludes halogenated alkanes) is 2. The van der Waals surface area contributed by atoms with Crippen LogP contribution in [0.3, 0.4) is 0 Å². The Hall–Kier alpha value is -1.53. The lowest BCUT2D eigenvalue weighted by atomic mass is 10.2. The van der Waals surface area contributed by atoms with Gasteiger partial charge in [0.25, 0.3) is 0 Å². The number of rotatable bonds is 10. The van der Waals surface area contributed by atoms with Crippen molar-refractivity contribution in [1.29, 1.82) is 0 Å². The molecule has 0 saturated carbocycles. The highest BCUT2D eigenvalue weighted by molar-refractivity contribution is 7.99. The van der Waals surface area contributed by atoms with Gasteiger partial charge in [0.2, 0.25) is 5.91 Å². The predicted octanol–water partition coefficient (Wildman–Crippen LogP) is 1.87. The average molecular weight is 310 g/mol. The second-order valence-electron chi connectivity index (χ2n) is 4.68. The summed E-state index contributed by atoms with van der Waals surface area (Å²) in [5, 5.41) is 11.7. The smallest absolute Gasteiger partial charge is 0.327 e. The lowest BCUT2D eigenvalue weighted by Gasteiger charge is -2.14. The summed E-state index contributed by atoms with van der Waals surface area (Å²) in [4.78, 5) is 23.9. The van der Waals surface area contributed by atoms with Crippen LogP contribution in [0.1, 0.15) is 25.7 Å². The Balaban J connectivity index is 2.35. The van der Waals surface area contributed by atoms with Gasteiger partial charge in [0.15, 0.2) is 0 Å². The number of carboxylic acids is 1. The van der Waals surface area contributed by atoms with Gasteiger partial charge in [-0.05, 0) is 31.5 Å². The topological polar surface area (TPSA) is 92.4 Å². The molecule has 1 amide bonds. The summed E-state index contributed by atoms with van der Waals surface area (Å²) in [6.07, 6.45) is 2.86. The molecule has 0 radical (unpaired) electrons. The molecule has 0 saturated heterocycles. The van der Waals surface area contributed by atoms with E-state index in [2.05, 4.69) is 5.32 Å². The second-order valence-corrected chi connectivity index (χ2v) is 5.78. The summed E-state index contributed by atoms with van der Waals surface area (Å²) in [7, 11) is 0. The van der Waals surface area contributed by atoms with Gasteiger partial charge in [0.1, 0.15) is 6.04 Å². The highest BCUT2D eigenvalue weighted by atomic mass is 32.2. The fraction of sp³-hybridized carbons (Fsp3) is 0.467. The lowest BCUT2D eigenvalue weighted by Crippen LogP contribution is -2.42. The fourth-order valence-corrected chi connectivity index (χ4v) is 2.68. The molecular weight excluding hydrogens is 288 g/mol. The standard InChI is InChI=1S/C15H22N2O3S/c16-10-6-2-5-9-14(18)17-13(15(19)20)11-21-12-7-3-1-4-8-12/h1,3-4,7-8,13H,2,5-6,9-11,16H2,(H,17,18)(H,19,20)/t13-/m0/s1. The number of hydrogen-bond donors (Lipinski definition) is 3. The van der Waals surface area contributed by atoms with Crippen molar-refractivity contribution in [3.05, 3.63) is 30.3 Å². The Morgan fingerprint density at radius 3 is 2.52 bits per heavy atom. The third-order valence-corrected chi connectivity index (χ3v) is 4.01. The van der Waals surface area contributed by atoms with E-state index in [0.29, 0.717) is 18.7 Å². The van der Waals surface area contributed by atoms with Gasteiger partial charge >= 0.3 is 5.97 Å². The van der Waals surface area contributed by atoms with Crippen molar-refractivity contribution >= 4 is 23.6 Å². The fourth-order valence-electron chi connectivity index (χ4n) is 1.74. The van der Waals surface area contributed by atoms with Gasteiger partial charge in [0, 0.05) is 17.1 Å². The monoisotopic (exact) mass is 310 g/mol. The van der Waals surface area contributed by atoms with Gasteiger partial charge in [-0.2, -0.15) is 0 Å². The Morgan fingerprint density at radius 1 is 1.19 bits per heavy atom. The summed E-state index contributed by atoms with van der Waals surface area (Å²) >= 11 is 1.42. The van der Waals surface area contributed by atoms with E-state index in [9.17, 15) is 9.59 Å². The molecule has 0 unspecified atom stereocenters. The summed E-state index contributed by atoms with van der Waals surface area (Å²) < 4.78 is 0. The number of nitrogens with two attached hydrogens (primary N) is 1. The first-order chi connectivity index (χ1) is 10.1. The van der Waals surface area contributed by atoms with Crippen molar-refractivity contribution in [3.8, 4) is 0 Å². The molecule has 5 nitrogen and oxygen atoms in total. The van der Waals surface area contributed by atoms with Gasteiger partial charge in [-0.15, -0.1) is 11.8 Å². The Kier molecular flexibility index (Phi) is 8.54. The molecule has 1 atom stereocenters. The molecule has 0 heterocycles. The third kappa shape index (κ3) is 7.72. The summed E-state index contributed by atoms with van der Waals surface area (Å²) in [5.74, 6) is -0.907. The van der Waals surface area contributed by atoms with Gasteiger partial charge in [-0.3, -0.25) is 4.79 Å². The molecule has 0 spiro atoms. The molecule has 6 heteroatoms. The van der Waals surface area contributed by atoms with Crippen LogP contribution in [0.5, 0.6) is 0 Å². The van der Waals surface area contributed by atoms with Crippen LogP contribution in [-0.2, 0) is 9.59 Å². The number of thioether (sulfide) groups is 1. The molecule has 0 aliphatic heterocycles. The van der Waals surface area contributed by atoms with Crippen LogP contribution in [0.15, 0.2) is 35.2 Å². The average Bonchev–Trinajstić information content (AvgIpc) is 2.48. The number of aliphatic carboxylic acids is 1. The molecular formula is C15H22N2O3S. The first-order valence-corrected chi connectivity index (χ1v) is 8.02. The predicted molar refractivity (Wildman–Crippen MR) is 84.3 cm³/mol. The number of benzene rings is 1. The SMILES string of the molecule is NCCCCCC(=O)N[C@@H](CSc1ccccc1)C(=O)O. The Morgan fingerprint density at radius 2 is 1.90 bits per heavy atom. The van der Waals surface area contributed by atoms with E-state index in [1.165, 1.54) is 11.8 Å². The molecule has 0 aliphatic carbocycles. The maximum atomic E-state index is 11.7. The van der Waals surface area contributed by atoms with Gasteiger partial charge in [-0.25, -0.2) is 4.79 Å². The number of amides is 1. The highest BCUT2D eigenvalue weighted by Gasteiger charge is 2.19. The molecule has 0 aromatic heterocycles.